The van der Waals surface area contributed by atoms with Crippen LogP contribution in [-0.2, 0) is 9.53 Å². The van der Waals surface area contributed by atoms with E-state index in [1.807, 2.05) is 58.9 Å². The summed E-state index contributed by atoms with van der Waals surface area (Å²) < 4.78 is 5.09. The molecule has 1 aromatic carbocycles. The molecule has 0 spiro atoms. The summed E-state index contributed by atoms with van der Waals surface area (Å²) >= 11 is 9.80. The van der Waals surface area contributed by atoms with Crippen LogP contribution in [0.25, 0.3) is 0 Å². The van der Waals surface area contributed by atoms with Gasteiger partial charge in [0.2, 0.25) is 0 Å². The number of halogens is 2. The highest BCUT2D eigenvalue weighted by molar-refractivity contribution is 9.09. The Hall–Kier alpha value is -0.540. The van der Waals surface area contributed by atoms with E-state index in [1.165, 1.54) is 0 Å². The van der Waals surface area contributed by atoms with Crippen LogP contribution in [0.5, 0.6) is 0 Å². The summed E-state index contributed by atoms with van der Waals surface area (Å²) in [5.41, 5.74) is 0.590. The van der Waals surface area contributed by atoms with Gasteiger partial charge in [-0.1, -0.05) is 59.6 Å². The molecule has 2 nitrogen and oxygen atoms in total. The summed E-state index contributed by atoms with van der Waals surface area (Å²) in [5.74, 6) is -0.145. The fourth-order valence-corrected chi connectivity index (χ4v) is 2.83. The maximum atomic E-state index is 11.8. The first kappa shape index (κ1) is 20.5. The molecule has 0 bridgehead atoms. The Labute approximate surface area is 142 Å². The molecule has 0 fully saturated rings. The minimum absolute atomic E-state index is 0.145. The Morgan fingerprint density at radius 2 is 1.90 bits per heavy atom. The van der Waals surface area contributed by atoms with Crippen molar-refractivity contribution in [3.8, 4) is 0 Å². The minimum atomic E-state index is -0.469. The summed E-state index contributed by atoms with van der Waals surface area (Å²) in [4.78, 5) is 12.0. The molecule has 1 rings (SSSR count). The largest absolute Gasteiger partial charge is 0.466 e. The second-order valence-electron chi connectivity index (χ2n) is 5.13. The number of hydrogen-bond acceptors (Lipinski definition) is 2. The van der Waals surface area contributed by atoms with Crippen LogP contribution in [-0.4, -0.2) is 12.6 Å². The van der Waals surface area contributed by atoms with E-state index in [4.69, 9.17) is 16.3 Å². The Morgan fingerprint density at radius 1 is 1.33 bits per heavy atom. The van der Waals surface area contributed by atoms with E-state index < -0.39 is 5.41 Å². The number of hydrogen-bond donors (Lipinski definition) is 0. The molecule has 1 unspecified atom stereocenters. The first-order chi connectivity index (χ1) is 9.88. The van der Waals surface area contributed by atoms with Gasteiger partial charge in [-0.3, -0.25) is 4.79 Å². The molecular formula is C17H26BrClO2. The second-order valence-corrected chi connectivity index (χ2v) is 6.64. The topological polar surface area (TPSA) is 26.3 Å². The Bertz CT molecular complexity index is 433. The zero-order valence-electron chi connectivity index (χ0n) is 13.6. The van der Waals surface area contributed by atoms with Crippen LogP contribution in [0.1, 0.15) is 57.9 Å². The molecule has 21 heavy (non-hydrogen) atoms. The highest BCUT2D eigenvalue weighted by Crippen LogP contribution is 2.36. The van der Waals surface area contributed by atoms with E-state index in [-0.39, 0.29) is 10.8 Å². The van der Waals surface area contributed by atoms with Crippen molar-refractivity contribution in [1.29, 1.82) is 0 Å². The zero-order chi connectivity index (χ0) is 16.5. The Balaban J connectivity index is 0.00000191. The lowest BCUT2D eigenvalue weighted by Gasteiger charge is -2.23. The van der Waals surface area contributed by atoms with Gasteiger partial charge < -0.3 is 4.74 Å². The molecule has 0 heterocycles. The monoisotopic (exact) mass is 376 g/mol. The lowest BCUT2D eigenvalue weighted by atomic mass is 9.86. The Morgan fingerprint density at radius 3 is 2.43 bits per heavy atom. The molecule has 0 N–H and O–H groups in total. The maximum absolute atomic E-state index is 11.8. The smallest absolute Gasteiger partial charge is 0.311 e. The summed E-state index contributed by atoms with van der Waals surface area (Å²) in [6.45, 7) is 10.1. The van der Waals surface area contributed by atoms with Crippen LogP contribution in [0.2, 0.25) is 5.02 Å². The highest BCUT2D eigenvalue weighted by Gasteiger charge is 2.29. The quantitative estimate of drug-likeness (QED) is 0.437. The van der Waals surface area contributed by atoms with Gasteiger partial charge in [-0.2, -0.15) is 0 Å². The normalized spacial score (nSPS) is 12.1. The summed E-state index contributed by atoms with van der Waals surface area (Å²) in [7, 11) is 0. The highest BCUT2D eigenvalue weighted by atomic mass is 79.9. The van der Waals surface area contributed by atoms with E-state index in [0.29, 0.717) is 6.61 Å². The summed E-state index contributed by atoms with van der Waals surface area (Å²) in [6.07, 6.45) is 1.57. The van der Waals surface area contributed by atoms with Gasteiger partial charge in [-0.25, -0.2) is 0 Å². The van der Waals surface area contributed by atoms with Crippen LogP contribution in [0.3, 0.4) is 0 Å². The molecule has 4 heteroatoms. The Kier molecular flexibility index (Phi) is 9.97. The number of carbonyl (C=O) groups excluding carboxylic acids is 1. The molecule has 0 aliphatic carbocycles. The van der Waals surface area contributed by atoms with E-state index >= 15 is 0 Å². The molecule has 0 amide bonds. The van der Waals surface area contributed by atoms with Gasteiger partial charge >= 0.3 is 5.97 Å². The maximum Gasteiger partial charge on any atom is 0.311 e. The van der Waals surface area contributed by atoms with Gasteiger partial charge in [-0.15, -0.1) is 0 Å². The number of rotatable bonds is 6. The van der Waals surface area contributed by atoms with Crippen LogP contribution in [0.15, 0.2) is 24.3 Å². The lowest BCUT2D eigenvalue weighted by Crippen LogP contribution is -2.26. The summed E-state index contributed by atoms with van der Waals surface area (Å²) in [5, 5.41) is 0.748. The molecule has 0 aromatic heterocycles. The fourth-order valence-electron chi connectivity index (χ4n) is 1.80. The third kappa shape index (κ3) is 6.84. The van der Waals surface area contributed by atoms with E-state index in [2.05, 4.69) is 15.9 Å². The predicted molar refractivity (Wildman–Crippen MR) is 94.1 cm³/mol. The lowest BCUT2D eigenvalue weighted by molar-refractivity contribution is -0.153. The van der Waals surface area contributed by atoms with Crippen LogP contribution in [0, 0.1) is 5.41 Å². The van der Waals surface area contributed by atoms with Crippen molar-refractivity contribution in [2.24, 2.45) is 5.41 Å². The summed E-state index contributed by atoms with van der Waals surface area (Å²) in [6, 6.07) is 7.75. The average Bonchev–Trinajstić information content (AvgIpc) is 2.47. The molecule has 120 valence electrons. The van der Waals surface area contributed by atoms with Gasteiger partial charge in [0, 0.05) is 9.85 Å². The zero-order valence-corrected chi connectivity index (χ0v) is 15.9. The SMILES string of the molecule is CC.CCOC(=O)C(C)(C)CCC(Br)c1ccccc1Cl. The van der Waals surface area contributed by atoms with Gasteiger partial charge in [-0.05, 0) is 45.2 Å². The third-order valence-corrected chi connectivity index (χ3v) is 4.39. The molecule has 0 saturated heterocycles. The van der Waals surface area contributed by atoms with Crippen LogP contribution < -0.4 is 0 Å². The van der Waals surface area contributed by atoms with Gasteiger partial charge in [0.05, 0.1) is 12.0 Å². The van der Waals surface area contributed by atoms with Crippen molar-refractivity contribution >= 4 is 33.5 Å². The van der Waals surface area contributed by atoms with Crippen molar-refractivity contribution in [2.75, 3.05) is 6.61 Å². The first-order valence-corrected chi connectivity index (χ1v) is 8.73. The third-order valence-electron chi connectivity index (χ3n) is 3.09. The first-order valence-electron chi connectivity index (χ1n) is 7.44. The molecule has 0 aliphatic heterocycles. The molecule has 0 saturated carbocycles. The van der Waals surface area contributed by atoms with E-state index in [0.717, 1.165) is 23.4 Å². The molecular weight excluding hydrogens is 352 g/mol. The predicted octanol–water partition coefficient (Wildman–Crippen LogP) is 6.17. The van der Waals surface area contributed by atoms with Gasteiger partial charge in [0.25, 0.3) is 0 Å². The standard InChI is InChI=1S/C15H20BrClO2.C2H6/c1-4-19-14(18)15(2,3)10-9-12(16)11-7-5-6-8-13(11)17;1-2/h5-8,12H,4,9-10H2,1-3H3;1-2H3. The number of carbonyl (C=O) groups is 1. The second kappa shape index (κ2) is 10.2. The van der Waals surface area contributed by atoms with Crippen molar-refractivity contribution in [3.05, 3.63) is 34.9 Å². The average molecular weight is 378 g/mol. The van der Waals surface area contributed by atoms with Crippen molar-refractivity contribution in [3.63, 3.8) is 0 Å². The molecule has 1 aromatic rings. The van der Waals surface area contributed by atoms with Crippen molar-refractivity contribution in [1.82, 2.24) is 0 Å². The van der Waals surface area contributed by atoms with Crippen LogP contribution >= 0.6 is 27.5 Å². The van der Waals surface area contributed by atoms with E-state index in [9.17, 15) is 4.79 Å². The van der Waals surface area contributed by atoms with Gasteiger partial charge in [0.1, 0.15) is 0 Å². The number of alkyl halides is 1. The molecule has 0 radical (unpaired) electrons. The van der Waals surface area contributed by atoms with E-state index in [1.54, 1.807) is 0 Å². The van der Waals surface area contributed by atoms with Gasteiger partial charge in [0.15, 0.2) is 0 Å². The number of benzene rings is 1. The van der Waals surface area contributed by atoms with Crippen molar-refractivity contribution < 1.29 is 9.53 Å². The molecule has 0 aliphatic rings. The van der Waals surface area contributed by atoms with Crippen LogP contribution in [0.4, 0.5) is 0 Å². The number of esters is 1. The number of ether oxygens (including phenoxy) is 1. The minimum Gasteiger partial charge on any atom is -0.466 e. The fraction of sp³-hybridized carbons (Fsp3) is 0.588. The van der Waals surface area contributed by atoms with Crippen molar-refractivity contribution in [2.45, 2.75) is 52.3 Å². The molecule has 1 atom stereocenters.